The van der Waals surface area contributed by atoms with Crippen LogP contribution in [-0.4, -0.2) is 50.6 Å². The first-order chi connectivity index (χ1) is 12.5. The molecule has 0 aliphatic carbocycles. The molecule has 5 nitrogen and oxygen atoms in total. The van der Waals surface area contributed by atoms with Crippen molar-refractivity contribution in [1.29, 1.82) is 0 Å². The lowest BCUT2D eigenvalue weighted by atomic mass is 10.2. The van der Waals surface area contributed by atoms with E-state index < -0.39 is 0 Å². The van der Waals surface area contributed by atoms with Crippen molar-refractivity contribution in [2.45, 2.75) is 0 Å². The highest BCUT2D eigenvalue weighted by molar-refractivity contribution is 6.36. The van der Waals surface area contributed by atoms with Crippen LogP contribution in [0.3, 0.4) is 0 Å². The maximum Gasteiger partial charge on any atom is 0.243 e. The van der Waals surface area contributed by atoms with Crippen molar-refractivity contribution in [2.24, 2.45) is 0 Å². The van der Waals surface area contributed by atoms with Gasteiger partial charge in [-0.15, -0.1) is 0 Å². The number of carbonyl (C=O) groups excluding carboxylic acids is 1. The van der Waals surface area contributed by atoms with Gasteiger partial charge in [0.25, 0.3) is 0 Å². The molecule has 1 aliphatic heterocycles. The third-order valence-electron chi connectivity index (χ3n) is 4.39. The smallest absolute Gasteiger partial charge is 0.243 e. The summed E-state index contributed by atoms with van der Waals surface area (Å²) in [6.07, 6.45) is 0. The lowest BCUT2D eigenvalue weighted by molar-refractivity contribution is -0.114. The molecule has 138 valence electrons. The van der Waals surface area contributed by atoms with Crippen molar-refractivity contribution in [2.75, 3.05) is 55.3 Å². The second-order valence-corrected chi connectivity index (χ2v) is 7.21. The second-order valence-electron chi connectivity index (χ2n) is 6.36. The number of amides is 1. The molecule has 0 bridgehead atoms. The van der Waals surface area contributed by atoms with E-state index in [0.29, 0.717) is 15.7 Å². The molecule has 0 atom stereocenters. The van der Waals surface area contributed by atoms with Gasteiger partial charge in [-0.2, -0.15) is 0 Å². The van der Waals surface area contributed by atoms with Crippen molar-refractivity contribution in [3.8, 4) is 0 Å². The molecule has 0 unspecified atom stereocenters. The molecule has 1 aliphatic rings. The van der Waals surface area contributed by atoms with Gasteiger partial charge in [-0.3, -0.25) is 4.79 Å². The minimum atomic E-state index is -0.136. The number of nitrogens with zero attached hydrogens (tertiary/aromatic N) is 2. The fourth-order valence-corrected chi connectivity index (χ4v) is 3.31. The molecule has 0 saturated carbocycles. The van der Waals surface area contributed by atoms with Crippen molar-refractivity contribution < 1.29 is 4.79 Å². The lowest BCUT2D eigenvalue weighted by Gasteiger charge is -2.34. The molecule has 0 spiro atoms. The van der Waals surface area contributed by atoms with E-state index >= 15 is 0 Å². The van der Waals surface area contributed by atoms with E-state index in [9.17, 15) is 4.79 Å². The van der Waals surface area contributed by atoms with Crippen molar-refractivity contribution in [3.63, 3.8) is 0 Å². The molecule has 1 heterocycles. The first-order valence-corrected chi connectivity index (χ1v) is 9.29. The zero-order valence-corrected chi connectivity index (χ0v) is 16.1. The largest absolute Gasteiger partial charge is 0.375 e. The van der Waals surface area contributed by atoms with Crippen molar-refractivity contribution >= 4 is 46.2 Å². The van der Waals surface area contributed by atoms with Gasteiger partial charge in [0.05, 0.1) is 17.3 Å². The summed E-state index contributed by atoms with van der Waals surface area (Å²) in [5.41, 5.74) is 2.63. The van der Waals surface area contributed by atoms with Crippen molar-refractivity contribution in [1.82, 2.24) is 4.90 Å². The SMILES string of the molecule is CN1CCN(c2ccc(NC(=O)CNc3ccc(Cl)cc3Cl)cc2)CC1. The predicted molar refractivity (Wildman–Crippen MR) is 110 cm³/mol. The zero-order valence-electron chi connectivity index (χ0n) is 14.6. The number of hydrogen-bond acceptors (Lipinski definition) is 4. The van der Waals surface area contributed by atoms with Crippen LogP contribution in [0.1, 0.15) is 0 Å². The summed E-state index contributed by atoms with van der Waals surface area (Å²) in [6.45, 7) is 4.30. The van der Waals surface area contributed by atoms with Crippen LogP contribution in [0.5, 0.6) is 0 Å². The van der Waals surface area contributed by atoms with E-state index in [-0.39, 0.29) is 12.5 Å². The first kappa shape index (κ1) is 18.8. The summed E-state index contributed by atoms with van der Waals surface area (Å²) in [4.78, 5) is 16.8. The minimum Gasteiger partial charge on any atom is -0.375 e. The van der Waals surface area contributed by atoms with E-state index in [2.05, 4.69) is 27.5 Å². The number of carbonyl (C=O) groups is 1. The van der Waals surface area contributed by atoms with Gasteiger partial charge in [0.1, 0.15) is 0 Å². The maximum atomic E-state index is 12.1. The van der Waals surface area contributed by atoms with Gasteiger partial charge >= 0.3 is 0 Å². The molecule has 1 amide bonds. The van der Waals surface area contributed by atoms with Crippen LogP contribution in [-0.2, 0) is 4.79 Å². The van der Waals surface area contributed by atoms with Gasteiger partial charge in [-0.1, -0.05) is 23.2 Å². The Kier molecular flexibility index (Phi) is 6.25. The Morgan fingerprint density at radius 3 is 2.38 bits per heavy atom. The Hall–Kier alpha value is -1.95. The molecular weight excluding hydrogens is 371 g/mol. The third-order valence-corrected chi connectivity index (χ3v) is 4.94. The monoisotopic (exact) mass is 392 g/mol. The number of benzene rings is 2. The van der Waals surface area contributed by atoms with Crippen LogP contribution in [0, 0.1) is 0 Å². The quantitative estimate of drug-likeness (QED) is 0.812. The number of nitrogens with one attached hydrogen (secondary N) is 2. The Balaban J connectivity index is 1.51. The Bertz CT molecular complexity index is 759. The minimum absolute atomic E-state index is 0.127. The molecule has 1 fully saturated rings. The van der Waals surface area contributed by atoms with Crippen LogP contribution in [0.25, 0.3) is 0 Å². The van der Waals surface area contributed by atoms with Gasteiger partial charge in [-0.05, 0) is 49.5 Å². The van der Waals surface area contributed by atoms with E-state index in [1.807, 2.05) is 24.3 Å². The highest BCUT2D eigenvalue weighted by Gasteiger charge is 2.14. The van der Waals surface area contributed by atoms with E-state index in [1.54, 1.807) is 18.2 Å². The molecule has 0 radical (unpaired) electrons. The predicted octanol–water partition coefficient (Wildman–Crippen LogP) is 3.80. The van der Waals surface area contributed by atoms with Gasteiger partial charge in [0.2, 0.25) is 5.91 Å². The summed E-state index contributed by atoms with van der Waals surface area (Å²) < 4.78 is 0. The topological polar surface area (TPSA) is 47.6 Å². The number of rotatable bonds is 5. The Morgan fingerprint density at radius 2 is 1.73 bits per heavy atom. The van der Waals surface area contributed by atoms with Gasteiger partial charge in [-0.25, -0.2) is 0 Å². The van der Waals surface area contributed by atoms with Crippen LogP contribution in [0.4, 0.5) is 17.1 Å². The summed E-state index contributed by atoms with van der Waals surface area (Å²) in [5, 5.41) is 6.94. The number of likely N-dealkylation sites (N-methyl/N-ethyl adjacent to an activating group) is 1. The lowest BCUT2D eigenvalue weighted by Crippen LogP contribution is -2.44. The summed E-state index contributed by atoms with van der Waals surface area (Å²) in [6, 6.07) is 13.1. The summed E-state index contributed by atoms with van der Waals surface area (Å²) in [5.74, 6) is -0.136. The zero-order chi connectivity index (χ0) is 18.5. The van der Waals surface area contributed by atoms with E-state index in [1.165, 1.54) is 5.69 Å². The van der Waals surface area contributed by atoms with E-state index in [4.69, 9.17) is 23.2 Å². The molecule has 7 heteroatoms. The molecule has 0 aromatic heterocycles. The van der Waals surface area contributed by atoms with Crippen LogP contribution >= 0.6 is 23.2 Å². The molecule has 1 saturated heterocycles. The molecular formula is C19H22Cl2N4O. The van der Waals surface area contributed by atoms with Crippen LogP contribution < -0.4 is 15.5 Å². The summed E-state index contributed by atoms with van der Waals surface area (Å²) >= 11 is 12.0. The Labute approximate surface area is 163 Å². The maximum absolute atomic E-state index is 12.1. The molecule has 2 aromatic rings. The molecule has 2 aromatic carbocycles. The van der Waals surface area contributed by atoms with E-state index in [0.717, 1.165) is 31.9 Å². The fourth-order valence-electron chi connectivity index (χ4n) is 2.83. The van der Waals surface area contributed by atoms with Crippen LogP contribution in [0.2, 0.25) is 10.0 Å². The normalized spacial score (nSPS) is 15.0. The third kappa shape index (κ3) is 5.04. The first-order valence-electron chi connectivity index (χ1n) is 8.53. The highest BCUT2D eigenvalue weighted by Crippen LogP contribution is 2.25. The highest BCUT2D eigenvalue weighted by atomic mass is 35.5. The van der Waals surface area contributed by atoms with Gasteiger partial charge < -0.3 is 20.4 Å². The number of hydrogen-bond donors (Lipinski definition) is 2. The molecule has 26 heavy (non-hydrogen) atoms. The number of halogens is 2. The number of anilines is 3. The molecule has 3 rings (SSSR count). The average Bonchev–Trinajstić information content (AvgIpc) is 2.62. The second kappa shape index (κ2) is 8.62. The van der Waals surface area contributed by atoms with Gasteiger partial charge in [0.15, 0.2) is 0 Å². The van der Waals surface area contributed by atoms with Gasteiger partial charge in [0, 0.05) is 42.6 Å². The Morgan fingerprint density at radius 1 is 1.04 bits per heavy atom. The fraction of sp³-hybridized carbons (Fsp3) is 0.316. The number of piperazine rings is 1. The van der Waals surface area contributed by atoms with Crippen molar-refractivity contribution in [3.05, 3.63) is 52.5 Å². The van der Waals surface area contributed by atoms with Crippen LogP contribution in [0.15, 0.2) is 42.5 Å². The standard InChI is InChI=1S/C19H22Cl2N4O/c1-24-8-10-25(11-9-24)16-5-3-15(4-6-16)23-19(26)13-22-18-7-2-14(20)12-17(18)21/h2-7,12,22H,8-11,13H2,1H3,(H,23,26). The molecule has 2 N–H and O–H groups in total. The average molecular weight is 393 g/mol. The summed E-state index contributed by atoms with van der Waals surface area (Å²) in [7, 11) is 2.14.